The summed E-state index contributed by atoms with van der Waals surface area (Å²) >= 11 is 0. The number of hydrogen-bond donors (Lipinski definition) is 3. The van der Waals surface area contributed by atoms with Gasteiger partial charge in [-0.2, -0.15) is 0 Å². The van der Waals surface area contributed by atoms with E-state index in [9.17, 15) is 9.59 Å². The van der Waals surface area contributed by atoms with E-state index in [0.717, 1.165) is 17.9 Å². The number of nitrogens with one attached hydrogen (secondary N) is 3. The fourth-order valence-corrected chi connectivity index (χ4v) is 2.61. The number of amides is 2. The van der Waals surface area contributed by atoms with Crippen molar-refractivity contribution in [1.29, 1.82) is 0 Å². The first kappa shape index (κ1) is 16.5. The Morgan fingerprint density at radius 3 is 2.68 bits per heavy atom. The van der Waals surface area contributed by atoms with Crippen LogP contribution in [-0.2, 0) is 16.0 Å². The second-order valence-electron chi connectivity index (χ2n) is 6.20. The van der Waals surface area contributed by atoms with E-state index < -0.39 is 0 Å². The lowest BCUT2D eigenvalue weighted by molar-refractivity contribution is -0.885. The van der Waals surface area contributed by atoms with Gasteiger partial charge in [0.15, 0.2) is 13.1 Å². The number of benzene rings is 1. The second kappa shape index (κ2) is 7.94. The van der Waals surface area contributed by atoms with Crippen molar-refractivity contribution in [2.75, 3.05) is 32.7 Å². The lowest BCUT2D eigenvalue weighted by Gasteiger charge is -2.22. The predicted molar refractivity (Wildman–Crippen MR) is 85.8 cm³/mol. The molecule has 1 heterocycles. The highest BCUT2D eigenvalue weighted by molar-refractivity contribution is 5.79. The summed E-state index contributed by atoms with van der Waals surface area (Å²) in [6.45, 7) is 7.24. The Kier molecular flexibility index (Phi) is 5.95. The molecule has 1 aliphatic rings. The minimum Gasteiger partial charge on any atom is -0.351 e. The molecule has 2 amide bonds. The summed E-state index contributed by atoms with van der Waals surface area (Å²) in [5, 5.41) is 5.71. The first-order valence-electron chi connectivity index (χ1n) is 8.00. The molecule has 0 saturated carbocycles. The molecular formula is C17H26N3O2+. The topological polar surface area (TPSA) is 62.6 Å². The van der Waals surface area contributed by atoms with E-state index in [-0.39, 0.29) is 11.8 Å². The zero-order valence-electron chi connectivity index (χ0n) is 13.4. The highest BCUT2D eigenvalue weighted by atomic mass is 16.2. The summed E-state index contributed by atoms with van der Waals surface area (Å²) in [4.78, 5) is 24.2. The molecule has 1 atom stereocenters. The highest BCUT2D eigenvalue weighted by Gasteiger charge is 2.21. The minimum absolute atomic E-state index is 0.0171. The molecule has 1 aliphatic heterocycles. The molecule has 2 rings (SSSR count). The lowest BCUT2D eigenvalue weighted by Crippen LogP contribution is -3.16. The molecule has 22 heavy (non-hydrogen) atoms. The largest absolute Gasteiger partial charge is 0.351 e. The van der Waals surface area contributed by atoms with Gasteiger partial charge in [0.1, 0.15) is 0 Å². The second-order valence-corrected chi connectivity index (χ2v) is 6.20. The summed E-state index contributed by atoms with van der Waals surface area (Å²) in [5.41, 5.74) is 2.56. The van der Waals surface area contributed by atoms with Crippen LogP contribution < -0.4 is 15.5 Å². The van der Waals surface area contributed by atoms with Crippen molar-refractivity contribution in [1.82, 2.24) is 10.6 Å². The zero-order chi connectivity index (χ0) is 15.9. The van der Waals surface area contributed by atoms with Crippen LogP contribution in [0.4, 0.5) is 0 Å². The number of piperazine rings is 1. The van der Waals surface area contributed by atoms with Crippen LogP contribution in [-0.4, -0.2) is 44.5 Å². The third kappa shape index (κ3) is 5.15. The molecule has 0 aliphatic carbocycles. The number of carbonyl (C=O) groups is 2. The molecular weight excluding hydrogens is 278 g/mol. The Morgan fingerprint density at radius 2 is 2.05 bits per heavy atom. The maximum absolute atomic E-state index is 11.9. The predicted octanol–water partition coefficient (Wildman–Crippen LogP) is -0.517. The number of rotatable bonds is 6. The molecule has 1 saturated heterocycles. The Hall–Kier alpha value is -1.88. The summed E-state index contributed by atoms with van der Waals surface area (Å²) in [6, 6.07) is 8.56. The molecule has 1 fully saturated rings. The average Bonchev–Trinajstić information content (AvgIpc) is 2.47. The van der Waals surface area contributed by atoms with E-state index in [1.54, 1.807) is 0 Å². The number of quaternary nitrogens is 1. The normalized spacial score (nSPS) is 18.1. The van der Waals surface area contributed by atoms with Gasteiger partial charge >= 0.3 is 0 Å². The minimum atomic E-state index is 0.0171. The van der Waals surface area contributed by atoms with Crippen LogP contribution in [0.1, 0.15) is 30.9 Å². The van der Waals surface area contributed by atoms with Gasteiger partial charge in [-0.25, -0.2) is 0 Å². The molecule has 5 heteroatoms. The van der Waals surface area contributed by atoms with Crippen LogP contribution in [0.25, 0.3) is 0 Å². The molecule has 1 unspecified atom stereocenters. The molecule has 0 spiro atoms. The van der Waals surface area contributed by atoms with Crippen molar-refractivity contribution in [3.05, 3.63) is 35.4 Å². The van der Waals surface area contributed by atoms with E-state index >= 15 is 0 Å². The quantitative estimate of drug-likeness (QED) is 0.662. The first-order chi connectivity index (χ1) is 10.5. The third-order valence-corrected chi connectivity index (χ3v) is 4.00. The van der Waals surface area contributed by atoms with Crippen molar-refractivity contribution >= 4 is 11.8 Å². The van der Waals surface area contributed by atoms with Crippen LogP contribution in [0.3, 0.4) is 0 Å². The number of carbonyl (C=O) groups excluding carboxylic acids is 2. The molecule has 0 bridgehead atoms. The van der Waals surface area contributed by atoms with E-state index in [0.29, 0.717) is 32.1 Å². The van der Waals surface area contributed by atoms with Crippen molar-refractivity contribution in [3.8, 4) is 0 Å². The van der Waals surface area contributed by atoms with Gasteiger partial charge in [-0.15, -0.1) is 0 Å². The maximum Gasteiger partial charge on any atom is 0.275 e. The molecule has 3 N–H and O–H groups in total. The lowest BCUT2D eigenvalue weighted by atomic mass is 10.0. The van der Waals surface area contributed by atoms with Gasteiger partial charge in [-0.3, -0.25) is 9.59 Å². The molecule has 0 aromatic heterocycles. The maximum atomic E-state index is 11.9. The Balaban J connectivity index is 1.69. The molecule has 1 aromatic rings. The summed E-state index contributed by atoms with van der Waals surface area (Å²) < 4.78 is 0. The van der Waals surface area contributed by atoms with E-state index in [2.05, 4.69) is 48.7 Å². The Labute approximate surface area is 132 Å². The molecule has 120 valence electrons. The standard InChI is InChI=1S/C17H25N3O2/c1-13(2)15-5-3-14(4-6-15)7-8-18-16(21)11-20-10-9-19-17(22)12-20/h3-6,13H,7-12H2,1-2H3,(H,18,21)(H,19,22)/p+1. The zero-order valence-corrected chi connectivity index (χ0v) is 13.4. The SMILES string of the molecule is CC(C)c1ccc(CCNC(=O)C[NH+]2CCNC(=O)C2)cc1. The molecule has 5 nitrogen and oxygen atoms in total. The summed E-state index contributed by atoms with van der Waals surface area (Å²) in [7, 11) is 0. The van der Waals surface area contributed by atoms with Gasteiger partial charge < -0.3 is 15.5 Å². The van der Waals surface area contributed by atoms with Crippen LogP contribution in [0.15, 0.2) is 24.3 Å². The summed E-state index contributed by atoms with van der Waals surface area (Å²) in [6.07, 6.45) is 0.833. The van der Waals surface area contributed by atoms with Crippen LogP contribution in [0.5, 0.6) is 0 Å². The van der Waals surface area contributed by atoms with E-state index in [4.69, 9.17) is 0 Å². The summed E-state index contributed by atoms with van der Waals surface area (Å²) in [5.74, 6) is 0.585. The number of hydrogen-bond acceptors (Lipinski definition) is 2. The van der Waals surface area contributed by atoms with Crippen LogP contribution >= 0.6 is 0 Å². The van der Waals surface area contributed by atoms with Crippen molar-refractivity contribution < 1.29 is 14.5 Å². The van der Waals surface area contributed by atoms with Gasteiger partial charge in [-0.05, 0) is 23.5 Å². The average molecular weight is 304 g/mol. The van der Waals surface area contributed by atoms with Crippen molar-refractivity contribution in [2.24, 2.45) is 0 Å². The fraction of sp³-hybridized carbons (Fsp3) is 0.529. The fourth-order valence-electron chi connectivity index (χ4n) is 2.61. The van der Waals surface area contributed by atoms with Gasteiger partial charge in [0.2, 0.25) is 0 Å². The van der Waals surface area contributed by atoms with Crippen molar-refractivity contribution in [3.63, 3.8) is 0 Å². The first-order valence-corrected chi connectivity index (χ1v) is 8.00. The van der Waals surface area contributed by atoms with Gasteiger partial charge in [0.25, 0.3) is 11.8 Å². The van der Waals surface area contributed by atoms with Gasteiger partial charge in [0, 0.05) is 6.54 Å². The Morgan fingerprint density at radius 1 is 1.32 bits per heavy atom. The molecule has 1 aromatic carbocycles. The third-order valence-electron chi connectivity index (χ3n) is 4.00. The van der Waals surface area contributed by atoms with Crippen LogP contribution in [0, 0.1) is 0 Å². The van der Waals surface area contributed by atoms with Crippen LogP contribution in [0.2, 0.25) is 0 Å². The monoisotopic (exact) mass is 304 g/mol. The van der Waals surface area contributed by atoms with Gasteiger partial charge in [0.05, 0.1) is 13.1 Å². The van der Waals surface area contributed by atoms with E-state index in [1.807, 2.05) is 0 Å². The van der Waals surface area contributed by atoms with E-state index in [1.165, 1.54) is 11.1 Å². The van der Waals surface area contributed by atoms with Gasteiger partial charge in [-0.1, -0.05) is 38.1 Å². The smallest absolute Gasteiger partial charge is 0.275 e. The van der Waals surface area contributed by atoms with Crippen molar-refractivity contribution in [2.45, 2.75) is 26.2 Å². The molecule has 0 radical (unpaired) electrons. The highest BCUT2D eigenvalue weighted by Crippen LogP contribution is 2.14. The Bertz CT molecular complexity index is 511.